The molecule has 1 aromatic rings. The molecule has 0 bridgehead atoms. The molecule has 0 aliphatic heterocycles. The fraction of sp³-hybridized carbons (Fsp3) is 0.700. The van der Waals surface area contributed by atoms with Crippen LogP contribution in [-0.2, 0) is 0 Å². The van der Waals surface area contributed by atoms with E-state index in [0.29, 0.717) is 5.92 Å². The number of amides is 1. The highest BCUT2D eigenvalue weighted by atomic mass is 16.3. The fourth-order valence-electron chi connectivity index (χ4n) is 1.56. The van der Waals surface area contributed by atoms with Crippen molar-refractivity contribution in [1.29, 1.82) is 0 Å². The number of carbonyl (C=O) groups is 1. The van der Waals surface area contributed by atoms with Crippen molar-refractivity contribution < 1.29 is 9.90 Å². The van der Waals surface area contributed by atoms with E-state index in [1.165, 1.54) is 4.90 Å². The molecule has 1 fully saturated rings. The first kappa shape index (κ1) is 11.1. The average molecular weight is 224 g/mol. The third-order valence-electron chi connectivity index (χ3n) is 2.54. The predicted molar refractivity (Wildman–Crippen MR) is 57.0 cm³/mol. The Hall–Kier alpha value is -1.43. The number of aliphatic hydroxyl groups excluding tert-OH is 1. The van der Waals surface area contributed by atoms with Crippen molar-refractivity contribution in [2.75, 3.05) is 13.6 Å². The van der Waals surface area contributed by atoms with Gasteiger partial charge in [0.1, 0.15) is 5.82 Å². The molecular formula is C10H16N4O2. The van der Waals surface area contributed by atoms with Crippen molar-refractivity contribution in [3.8, 4) is 0 Å². The second-order valence-electron chi connectivity index (χ2n) is 4.35. The zero-order chi connectivity index (χ0) is 11.7. The first-order valence-corrected chi connectivity index (χ1v) is 5.43. The number of nitrogens with zero attached hydrogens (tertiary/aromatic N) is 3. The molecule has 1 amide bonds. The maximum atomic E-state index is 11.8. The number of hydrogen-bond donors (Lipinski definition) is 2. The maximum Gasteiger partial charge on any atom is 0.293 e. The molecule has 1 heterocycles. The SMILES string of the molecule is CC(O)CN(C)C(=O)c1n[nH]c(C2CC2)n1. The Kier molecular flexibility index (Phi) is 2.91. The van der Waals surface area contributed by atoms with Gasteiger partial charge in [-0.3, -0.25) is 9.89 Å². The number of aliphatic hydroxyl groups is 1. The molecule has 1 aliphatic rings. The second-order valence-corrected chi connectivity index (χ2v) is 4.35. The van der Waals surface area contributed by atoms with Gasteiger partial charge in [0, 0.05) is 19.5 Å². The van der Waals surface area contributed by atoms with Crippen molar-refractivity contribution in [3.05, 3.63) is 11.6 Å². The van der Waals surface area contributed by atoms with Gasteiger partial charge >= 0.3 is 0 Å². The van der Waals surface area contributed by atoms with Crippen molar-refractivity contribution in [1.82, 2.24) is 20.1 Å². The van der Waals surface area contributed by atoms with Crippen LogP contribution in [-0.4, -0.2) is 50.8 Å². The van der Waals surface area contributed by atoms with Crippen molar-refractivity contribution >= 4 is 5.91 Å². The molecule has 16 heavy (non-hydrogen) atoms. The van der Waals surface area contributed by atoms with Gasteiger partial charge in [-0.15, -0.1) is 5.10 Å². The minimum absolute atomic E-state index is 0.185. The van der Waals surface area contributed by atoms with E-state index in [9.17, 15) is 9.90 Å². The molecule has 1 aromatic heterocycles. The van der Waals surface area contributed by atoms with Crippen LogP contribution in [0, 0.1) is 0 Å². The van der Waals surface area contributed by atoms with Crippen LogP contribution in [0.15, 0.2) is 0 Å². The molecule has 1 aliphatic carbocycles. The number of likely N-dealkylation sites (N-methyl/N-ethyl adjacent to an activating group) is 1. The van der Waals surface area contributed by atoms with Crippen LogP contribution in [0.3, 0.4) is 0 Å². The van der Waals surface area contributed by atoms with Gasteiger partial charge in [0.25, 0.3) is 5.91 Å². The number of aromatic nitrogens is 3. The Bertz CT molecular complexity index is 384. The van der Waals surface area contributed by atoms with Gasteiger partial charge in [0.05, 0.1) is 6.10 Å². The van der Waals surface area contributed by atoms with Gasteiger partial charge < -0.3 is 10.0 Å². The zero-order valence-corrected chi connectivity index (χ0v) is 9.47. The van der Waals surface area contributed by atoms with Gasteiger partial charge in [-0.2, -0.15) is 0 Å². The van der Waals surface area contributed by atoms with Crippen LogP contribution in [0.1, 0.15) is 42.1 Å². The lowest BCUT2D eigenvalue weighted by molar-refractivity contribution is 0.0692. The molecule has 1 unspecified atom stereocenters. The Morgan fingerprint density at radius 3 is 2.94 bits per heavy atom. The lowest BCUT2D eigenvalue weighted by atomic mass is 10.3. The van der Waals surface area contributed by atoms with Gasteiger partial charge in [0.2, 0.25) is 5.82 Å². The summed E-state index contributed by atoms with van der Waals surface area (Å²) in [6.45, 7) is 1.92. The molecule has 0 radical (unpaired) electrons. The minimum atomic E-state index is -0.546. The summed E-state index contributed by atoms with van der Waals surface area (Å²) < 4.78 is 0. The topological polar surface area (TPSA) is 82.1 Å². The van der Waals surface area contributed by atoms with Crippen molar-refractivity contribution in [2.24, 2.45) is 0 Å². The summed E-state index contributed by atoms with van der Waals surface area (Å²) in [4.78, 5) is 17.4. The molecule has 6 nitrogen and oxygen atoms in total. The summed E-state index contributed by atoms with van der Waals surface area (Å²) in [6, 6.07) is 0. The number of carbonyl (C=O) groups excluding carboxylic acids is 1. The molecule has 2 N–H and O–H groups in total. The van der Waals surface area contributed by atoms with E-state index < -0.39 is 6.10 Å². The molecule has 0 aromatic carbocycles. The molecule has 6 heteroatoms. The highest BCUT2D eigenvalue weighted by molar-refractivity contribution is 5.90. The largest absolute Gasteiger partial charge is 0.392 e. The normalized spacial score (nSPS) is 17.2. The Balaban J connectivity index is 2.01. The highest BCUT2D eigenvalue weighted by Crippen LogP contribution is 2.37. The number of aromatic amines is 1. The standard InChI is InChI=1S/C10H16N4O2/c1-6(15)5-14(2)10(16)9-11-8(12-13-9)7-3-4-7/h6-7,15H,3-5H2,1-2H3,(H,11,12,13). The molecule has 0 saturated heterocycles. The second kappa shape index (κ2) is 4.21. The van der Waals surface area contributed by atoms with E-state index in [4.69, 9.17) is 0 Å². The van der Waals surface area contributed by atoms with E-state index >= 15 is 0 Å². The van der Waals surface area contributed by atoms with Gasteiger partial charge in [-0.05, 0) is 19.8 Å². The van der Waals surface area contributed by atoms with E-state index in [1.54, 1.807) is 14.0 Å². The predicted octanol–water partition coefficient (Wildman–Crippen LogP) is 0.135. The van der Waals surface area contributed by atoms with Gasteiger partial charge in [-0.1, -0.05) is 0 Å². The summed E-state index contributed by atoms with van der Waals surface area (Å²) in [6.07, 6.45) is 1.69. The minimum Gasteiger partial charge on any atom is -0.392 e. The number of H-pyrrole nitrogens is 1. The lowest BCUT2D eigenvalue weighted by Gasteiger charge is -2.16. The number of nitrogens with one attached hydrogen (secondary N) is 1. The van der Waals surface area contributed by atoms with Crippen molar-refractivity contribution in [3.63, 3.8) is 0 Å². The summed E-state index contributed by atoms with van der Waals surface area (Å²) >= 11 is 0. The van der Waals surface area contributed by atoms with E-state index in [0.717, 1.165) is 18.7 Å². The maximum absolute atomic E-state index is 11.8. The molecular weight excluding hydrogens is 208 g/mol. The first-order chi connectivity index (χ1) is 7.58. The van der Waals surface area contributed by atoms with E-state index in [2.05, 4.69) is 15.2 Å². The zero-order valence-electron chi connectivity index (χ0n) is 9.47. The van der Waals surface area contributed by atoms with Crippen LogP contribution >= 0.6 is 0 Å². The molecule has 0 spiro atoms. The number of hydrogen-bond acceptors (Lipinski definition) is 4. The first-order valence-electron chi connectivity index (χ1n) is 5.43. The average Bonchev–Trinajstić information content (AvgIpc) is 2.95. The molecule has 1 saturated carbocycles. The summed E-state index contributed by atoms with van der Waals surface area (Å²) in [5.41, 5.74) is 0. The molecule has 1 atom stereocenters. The quantitative estimate of drug-likeness (QED) is 0.762. The van der Waals surface area contributed by atoms with E-state index in [1.807, 2.05) is 0 Å². The van der Waals surface area contributed by atoms with Crippen LogP contribution in [0.2, 0.25) is 0 Å². The van der Waals surface area contributed by atoms with Crippen LogP contribution in [0.4, 0.5) is 0 Å². The third kappa shape index (κ3) is 2.38. The van der Waals surface area contributed by atoms with E-state index in [-0.39, 0.29) is 18.3 Å². The third-order valence-corrected chi connectivity index (χ3v) is 2.54. The van der Waals surface area contributed by atoms with Crippen LogP contribution < -0.4 is 0 Å². The summed E-state index contributed by atoms with van der Waals surface area (Å²) in [5.74, 6) is 1.18. The summed E-state index contributed by atoms with van der Waals surface area (Å²) in [7, 11) is 1.63. The highest BCUT2D eigenvalue weighted by Gasteiger charge is 2.28. The smallest absolute Gasteiger partial charge is 0.293 e. The fourth-order valence-corrected chi connectivity index (χ4v) is 1.56. The number of rotatable bonds is 4. The van der Waals surface area contributed by atoms with Gasteiger partial charge in [0.15, 0.2) is 0 Å². The summed E-state index contributed by atoms with van der Waals surface area (Å²) in [5, 5.41) is 15.9. The molecule has 88 valence electrons. The molecule has 2 rings (SSSR count). The Morgan fingerprint density at radius 2 is 2.38 bits per heavy atom. The van der Waals surface area contributed by atoms with Crippen LogP contribution in [0.25, 0.3) is 0 Å². The Labute approximate surface area is 93.7 Å². The monoisotopic (exact) mass is 224 g/mol. The lowest BCUT2D eigenvalue weighted by Crippen LogP contribution is -2.33. The Morgan fingerprint density at radius 1 is 1.69 bits per heavy atom. The van der Waals surface area contributed by atoms with Crippen LogP contribution in [0.5, 0.6) is 0 Å². The van der Waals surface area contributed by atoms with Crippen molar-refractivity contribution in [2.45, 2.75) is 31.8 Å². The van der Waals surface area contributed by atoms with Gasteiger partial charge in [-0.25, -0.2) is 4.98 Å².